The zero-order valence-electron chi connectivity index (χ0n) is 48.4. The van der Waals surface area contributed by atoms with Gasteiger partial charge in [-0.15, -0.1) is 0 Å². The molecule has 0 aliphatic heterocycles. The van der Waals surface area contributed by atoms with Crippen LogP contribution in [0, 0.1) is 0 Å². The Labute approximate surface area is 450 Å². The van der Waals surface area contributed by atoms with Crippen molar-refractivity contribution in [2.45, 2.75) is 347 Å². The molecule has 1 amide bonds. The molecule has 0 saturated carbocycles. The topological polar surface area (TPSA) is 69.6 Å². The normalized spacial score (nSPS) is 13.2. The lowest BCUT2D eigenvalue weighted by Gasteiger charge is -2.22. The molecule has 0 rings (SSSR count). The molecule has 4 heteroatoms. The molecule has 0 saturated heterocycles. The van der Waals surface area contributed by atoms with Crippen molar-refractivity contribution in [1.82, 2.24) is 5.32 Å². The Morgan fingerprint density at radius 1 is 0.347 bits per heavy atom. The summed E-state index contributed by atoms with van der Waals surface area (Å²) in [6, 6.07) is -0.547. The fourth-order valence-electron chi connectivity index (χ4n) is 9.90. The van der Waals surface area contributed by atoms with Gasteiger partial charge >= 0.3 is 0 Å². The molecule has 2 unspecified atom stereocenters. The number of allylic oxidation sites excluding steroid dienone is 12. The first-order valence-corrected chi connectivity index (χ1v) is 32.1. The van der Waals surface area contributed by atoms with Crippen molar-refractivity contribution >= 4 is 5.91 Å². The molecule has 420 valence electrons. The standard InChI is InChI=1S/C68H125NO3/c1-3-5-7-9-11-13-15-17-19-21-23-25-27-29-31-32-33-34-35-36-38-39-41-43-45-47-49-51-53-55-57-59-61-63-67(71)66(65-70)69-68(72)64-62-60-58-56-54-52-50-48-46-44-42-40-37-30-28-26-24-22-20-18-16-14-12-10-8-6-4-2/h6,8,12,14,18,20,24,26,30,37,42,44,66-67,70-71H,3-5,7,9-11,13,15-17,19,21-23,25,27-29,31-36,38-41,43,45-65H2,1-2H3,(H,69,72)/b8-6-,14-12-,20-18-,26-24-,37-30-,44-42-. The van der Waals surface area contributed by atoms with Crippen LogP contribution in [-0.2, 0) is 4.79 Å². The highest BCUT2D eigenvalue weighted by atomic mass is 16.3. The summed E-state index contributed by atoms with van der Waals surface area (Å²) in [7, 11) is 0. The molecule has 0 heterocycles. The number of unbranched alkanes of at least 4 members (excludes halogenated alkanes) is 40. The van der Waals surface area contributed by atoms with Crippen molar-refractivity contribution < 1.29 is 15.0 Å². The summed E-state index contributed by atoms with van der Waals surface area (Å²) in [4.78, 5) is 12.5. The summed E-state index contributed by atoms with van der Waals surface area (Å²) in [6.45, 7) is 4.27. The van der Waals surface area contributed by atoms with E-state index in [0.717, 1.165) is 64.2 Å². The number of carbonyl (C=O) groups excluding carboxylic acids is 1. The van der Waals surface area contributed by atoms with Crippen LogP contribution in [0.2, 0.25) is 0 Å². The van der Waals surface area contributed by atoms with Crippen molar-refractivity contribution in [3.05, 3.63) is 72.9 Å². The molecule has 0 aromatic rings. The summed E-state index contributed by atoms with van der Waals surface area (Å²) < 4.78 is 0. The molecule has 0 aliphatic rings. The Kier molecular flexibility index (Phi) is 61.2. The second kappa shape index (κ2) is 63.1. The van der Waals surface area contributed by atoms with E-state index in [2.05, 4.69) is 92.1 Å². The summed E-state index contributed by atoms with van der Waals surface area (Å²) in [5.74, 6) is -0.0383. The number of rotatable bonds is 59. The van der Waals surface area contributed by atoms with E-state index in [1.807, 2.05) is 0 Å². The van der Waals surface area contributed by atoms with E-state index >= 15 is 0 Å². The van der Waals surface area contributed by atoms with Crippen LogP contribution in [-0.4, -0.2) is 34.9 Å². The highest BCUT2D eigenvalue weighted by Crippen LogP contribution is 2.18. The van der Waals surface area contributed by atoms with Crippen LogP contribution >= 0.6 is 0 Å². The molecule has 0 fully saturated rings. The van der Waals surface area contributed by atoms with Crippen LogP contribution < -0.4 is 5.32 Å². The Morgan fingerprint density at radius 2 is 0.611 bits per heavy atom. The van der Waals surface area contributed by atoms with Crippen molar-refractivity contribution in [3.8, 4) is 0 Å². The van der Waals surface area contributed by atoms with E-state index in [0.29, 0.717) is 12.8 Å². The Balaban J connectivity index is 3.46. The number of hydrogen-bond acceptors (Lipinski definition) is 3. The van der Waals surface area contributed by atoms with Gasteiger partial charge in [0.1, 0.15) is 0 Å². The van der Waals surface area contributed by atoms with Crippen LogP contribution in [0.15, 0.2) is 72.9 Å². The molecule has 0 radical (unpaired) electrons. The van der Waals surface area contributed by atoms with E-state index in [9.17, 15) is 15.0 Å². The van der Waals surface area contributed by atoms with Gasteiger partial charge in [0.25, 0.3) is 0 Å². The van der Waals surface area contributed by atoms with Gasteiger partial charge in [-0.25, -0.2) is 0 Å². The molecule has 0 aromatic heterocycles. The molecule has 0 aromatic carbocycles. The second-order valence-corrected chi connectivity index (χ2v) is 21.8. The molecule has 72 heavy (non-hydrogen) atoms. The lowest BCUT2D eigenvalue weighted by atomic mass is 10.0. The maximum absolute atomic E-state index is 12.5. The SMILES string of the molecule is CC/C=C\C/C=C\C/C=C\C/C=C\C/C=C\C/C=C\CCCCCCCCCCC(=O)NC(CO)C(O)CCCCCCCCCCCCCCCCCCCCCCCCCCCCCCCCCCC. The molecule has 0 bridgehead atoms. The third-order valence-electron chi connectivity index (χ3n) is 14.7. The van der Waals surface area contributed by atoms with E-state index in [1.165, 1.54) is 244 Å². The summed E-state index contributed by atoms with van der Waals surface area (Å²) in [5.41, 5.74) is 0. The first-order valence-electron chi connectivity index (χ1n) is 32.1. The maximum Gasteiger partial charge on any atom is 0.220 e. The number of hydrogen-bond donors (Lipinski definition) is 3. The highest BCUT2D eigenvalue weighted by molar-refractivity contribution is 5.76. The number of amides is 1. The van der Waals surface area contributed by atoms with Crippen molar-refractivity contribution in [2.24, 2.45) is 0 Å². The summed E-state index contributed by atoms with van der Waals surface area (Å²) in [6.07, 6.45) is 90.7. The average Bonchev–Trinajstić information content (AvgIpc) is 3.39. The molecular weight excluding hydrogens is 879 g/mol. The largest absolute Gasteiger partial charge is 0.394 e. The van der Waals surface area contributed by atoms with Crippen LogP contribution in [0.25, 0.3) is 0 Å². The fourth-order valence-corrected chi connectivity index (χ4v) is 9.90. The van der Waals surface area contributed by atoms with E-state index in [4.69, 9.17) is 0 Å². The minimum absolute atomic E-state index is 0.0383. The predicted molar refractivity (Wildman–Crippen MR) is 322 cm³/mol. The molecule has 2 atom stereocenters. The fraction of sp³-hybridized carbons (Fsp3) is 0.809. The van der Waals surface area contributed by atoms with Crippen molar-refractivity contribution in [1.29, 1.82) is 0 Å². The predicted octanol–water partition coefficient (Wildman–Crippen LogP) is 21.7. The number of aliphatic hydroxyl groups excluding tert-OH is 2. The minimum Gasteiger partial charge on any atom is -0.394 e. The average molecular weight is 1000 g/mol. The van der Waals surface area contributed by atoms with Gasteiger partial charge in [-0.3, -0.25) is 4.79 Å². The zero-order chi connectivity index (χ0) is 52.0. The van der Waals surface area contributed by atoms with Gasteiger partial charge in [-0.1, -0.05) is 337 Å². The second-order valence-electron chi connectivity index (χ2n) is 21.8. The number of aliphatic hydroxyl groups is 2. The zero-order valence-corrected chi connectivity index (χ0v) is 48.4. The molecule has 4 nitrogen and oxygen atoms in total. The Hall–Kier alpha value is -2.17. The highest BCUT2D eigenvalue weighted by Gasteiger charge is 2.20. The smallest absolute Gasteiger partial charge is 0.220 e. The van der Waals surface area contributed by atoms with Gasteiger partial charge in [0.15, 0.2) is 0 Å². The van der Waals surface area contributed by atoms with Crippen LogP contribution in [0.1, 0.15) is 335 Å². The monoisotopic (exact) mass is 1000 g/mol. The lowest BCUT2D eigenvalue weighted by Crippen LogP contribution is -2.45. The van der Waals surface area contributed by atoms with Gasteiger partial charge < -0.3 is 15.5 Å². The quantitative estimate of drug-likeness (QED) is 0.0420. The molecule has 0 aliphatic carbocycles. The molecule has 0 spiro atoms. The maximum atomic E-state index is 12.5. The number of carbonyl (C=O) groups is 1. The van der Waals surface area contributed by atoms with Crippen molar-refractivity contribution in [3.63, 3.8) is 0 Å². The van der Waals surface area contributed by atoms with Gasteiger partial charge in [-0.05, 0) is 64.2 Å². The van der Waals surface area contributed by atoms with Gasteiger partial charge in [-0.2, -0.15) is 0 Å². The van der Waals surface area contributed by atoms with E-state index in [1.54, 1.807) is 0 Å². The number of nitrogens with one attached hydrogen (secondary N) is 1. The Morgan fingerprint density at radius 3 is 0.917 bits per heavy atom. The third kappa shape index (κ3) is 58.7. The Bertz CT molecular complexity index is 1230. The van der Waals surface area contributed by atoms with Gasteiger partial charge in [0, 0.05) is 6.42 Å². The third-order valence-corrected chi connectivity index (χ3v) is 14.7. The van der Waals surface area contributed by atoms with Crippen LogP contribution in [0.3, 0.4) is 0 Å². The van der Waals surface area contributed by atoms with Gasteiger partial charge in [0.05, 0.1) is 18.8 Å². The summed E-state index contributed by atoms with van der Waals surface area (Å²) >= 11 is 0. The van der Waals surface area contributed by atoms with Crippen LogP contribution in [0.4, 0.5) is 0 Å². The van der Waals surface area contributed by atoms with E-state index in [-0.39, 0.29) is 12.5 Å². The molecule has 3 N–H and O–H groups in total. The van der Waals surface area contributed by atoms with E-state index < -0.39 is 12.1 Å². The van der Waals surface area contributed by atoms with Gasteiger partial charge in [0.2, 0.25) is 5.91 Å². The molecular formula is C68H125NO3. The summed E-state index contributed by atoms with van der Waals surface area (Å²) in [5, 5.41) is 23.4. The lowest BCUT2D eigenvalue weighted by molar-refractivity contribution is -0.123. The van der Waals surface area contributed by atoms with Crippen molar-refractivity contribution in [2.75, 3.05) is 6.61 Å². The first-order chi connectivity index (χ1) is 35.7. The van der Waals surface area contributed by atoms with Crippen LogP contribution in [0.5, 0.6) is 0 Å². The first kappa shape index (κ1) is 69.8. The minimum atomic E-state index is -0.670.